The van der Waals surface area contributed by atoms with Crippen molar-refractivity contribution in [2.24, 2.45) is 10.9 Å². The minimum Gasteiger partial charge on any atom is -0.353 e. The SMILES string of the molecule is NCCC(=O)NC1CCC(NC(=O)c2ccc(S(N)(=O)=O)cc2)CC1. The number of carbonyl (C=O) groups is 2. The van der Waals surface area contributed by atoms with Crippen molar-refractivity contribution in [3.63, 3.8) is 0 Å². The average Bonchev–Trinajstić information content (AvgIpc) is 2.56. The Bertz CT molecular complexity index is 710. The summed E-state index contributed by atoms with van der Waals surface area (Å²) in [5, 5.41) is 10.9. The van der Waals surface area contributed by atoms with E-state index in [1.807, 2.05) is 0 Å². The summed E-state index contributed by atoms with van der Waals surface area (Å²) in [6.07, 6.45) is 3.46. The summed E-state index contributed by atoms with van der Waals surface area (Å²) in [6.45, 7) is 0.335. The molecule has 0 aliphatic heterocycles. The number of amides is 2. The van der Waals surface area contributed by atoms with E-state index < -0.39 is 10.0 Å². The van der Waals surface area contributed by atoms with E-state index in [9.17, 15) is 18.0 Å². The molecule has 1 saturated carbocycles. The van der Waals surface area contributed by atoms with Gasteiger partial charge in [-0.25, -0.2) is 13.6 Å². The van der Waals surface area contributed by atoms with Gasteiger partial charge in [-0.1, -0.05) is 0 Å². The molecule has 0 heterocycles. The standard InChI is InChI=1S/C16H24N4O4S/c17-10-9-15(21)19-12-3-5-13(6-4-12)20-16(22)11-1-7-14(8-2-11)25(18,23)24/h1-2,7-8,12-13H,3-6,9-10,17H2,(H,19,21)(H,20,22)(H2,18,23,24). The lowest BCUT2D eigenvalue weighted by Crippen LogP contribution is -2.44. The highest BCUT2D eigenvalue weighted by molar-refractivity contribution is 7.89. The second-order valence-electron chi connectivity index (χ2n) is 6.20. The molecule has 9 heteroatoms. The molecule has 6 N–H and O–H groups in total. The first-order chi connectivity index (χ1) is 11.8. The molecule has 25 heavy (non-hydrogen) atoms. The maximum Gasteiger partial charge on any atom is 0.251 e. The maximum absolute atomic E-state index is 12.2. The van der Waals surface area contributed by atoms with Crippen LogP contribution in [0.2, 0.25) is 0 Å². The zero-order valence-corrected chi connectivity index (χ0v) is 14.7. The molecular formula is C16H24N4O4S. The van der Waals surface area contributed by atoms with E-state index in [0.29, 0.717) is 18.5 Å². The molecule has 138 valence electrons. The van der Waals surface area contributed by atoms with Crippen LogP contribution < -0.4 is 21.5 Å². The fraction of sp³-hybridized carbons (Fsp3) is 0.500. The fourth-order valence-electron chi connectivity index (χ4n) is 2.88. The van der Waals surface area contributed by atoms with Crippen LogP contribution in [0, 0.1) is 0 Å². The summed E-state index contributed by atoms with van der Waals surface area (Å²) >= 11 is 0. The van der Waals surface area contributed by atoms with E-state index in [1.54, 1.807) is 0 Å². The fourth-order valence-corrected chi connectivity index (χ4v) is 3.39. The number of primary sulfonamides is 1. The third kappa shape index (κ3) is 5.80. The molecule has 0 unspecified atom stereocenters. The number of hydrogen-bond acceptors (Lipinski definition) is 5. The van der Waals surface area contributed by atoms with E-state index in [4.69, 9.17) is 10.9 Å². The second-order valence-corrected chi connectivity index (χ2v) is 7.76. The number of rotatable bonds is 6. The summed E-state index contributed by atoms with van der Waals surface area (Å²) < 4.78 is 22.4. The lowest BCUT2D eigenvalue weighted by molar-refractivity contribution is -0.121. The summed E-state index contributed by atoms with van der Waals surface area (Å²) in [5.41, 5.74) is 5.73. The molecule has 0 radical (unpaired) electrons. The molecule has 8 nitrogen and oxygen atoms in total. The first kappa shape index (κ1) is 19.4. The number of sulfonamides is 1. The number of carbonyl (C=O) groups excluding carboxylic acids is 2. The second kappa shape index (κ2) is 8.41. The van der Waals surface area contributed by atoms with Gasteiger partial charge in [0.15, 0.2) is 0 Å². The van der Waals surface area contributed by atoms with Crippen LogP contribution in [0.4, 0.5) is 0 Å². The van der Waals surface area contributed by atoms with Crippen LogP contribution in [-0.2, 0) is 14.8 Å². The van der Waals surface area contributed by atoms with Crippen molar-refractivity contribution in [3.8, 4) is 0 Å². The summed E-state index contributed by atoms with van der Waals surface area (Å²) in [6, 6.07) is 5.67. The predicted octanol–water partition coefficient (Wildman–Crippen LogP) is -0.160. The Hall–Kier alpha value is -1.97. The van der Waals surface area contributed by atoms with Crippen molar-refractivity contribution < 1.29 is 18.0 Å². The van der Waals surface area contributed by atoms with Gasteiger partial charge in [-0.3, -0.25) is 9.59 Å². The van der Waals surface area contributed by atoms with Crippen LogP contribution in [0.15, 0.2) is 29.2 Å². The molecule has 1 fully saturated rings. The number of hydrogen-bond donors (Lipinski definition) is 4. The van der Waals surface area contributed by atoms with Gasteiger partial charge >= 0.3 is 0 Å². The van der Waals surface area contributed by atoms with Crippen molar-refractivity contribution in [2.45, 2.75) is 49.1 Å². The van der Waals surface area contributed by atoms with Gasteiger partial charge in [0.25, 0.3) is 5.91 Å². The largest absolute Gasteiger partial charge is 0.353 e. The Balaban J connectivity index is 1.83. The molecule has 0 atom stereocenters. The van der Waals surface area contributed by atoms with Gasteiger partial charge in [0.1, 0.15) is 0 Å². The Morgan fingerprint density at radius 1 is 1.00 bits per heavy atom. The summed E-state index contributed by atoms with van der Waals surface area (Å²) in [7, 11) is -3.77. The van der Waals surface area contributed by atoms with Crippen molar-refractivity contribution in [1.82, 2.24) is 10.6 Å². The normalized spacial score (nSPS) is 20.7. The lowest BCUT2D eigenvalue weighted by Gasteiger charge is -2.29. The average molecular weight is 368 g/mol. The zero-order chi connectivity index (χ0) is 18.4. The van der Waals surface area contributed by atoms with Gasteiger partial charge < -0.3 is 16.4 Å². The molecular weight excluding hydrogens is 344 g/mol. The van der Waals surface area contributed by atoms with Crippen molar-refractivity contribution in [2.75, 3.05) is 6.54 Å². The number of nitrogens with two attached hydrogens (primary N) is 2. The van der Waals surface area contributed by atoms with Gasteiger partial charge in [-0.05, 0) is 49.9 Å². The highest BCUT2D eigenvalue weighted by Crippen LogP contribution is 2.19. The molecule has 0 aromatic heterocycles. The van der Waals surface area contributed by atoms with Crippen LogP contribution in [-0.4, -0.2) is 38.9 Å². The highest BCUT2D eigenvalue weighted by atomic mass is 32.2. The first-order valence-corrected chi connectivity index (χ1v) is 9.77. The predicted molar refractivity (Wildman–Crippen MR) is 93.1 cm³/mol. The molecule has 0 saturated heterocycles. The van der Waals surface area contributed by atoms with Crippen LogP contribution in [0.3, 0.4) is 0 Å². The molecule has 0 bridgehead atoms. The first-order valence-electron chi connectivity index (χ1n) is 8.22. The van der Waals surface area contributed by atoms with Gasteiger partial charge in [0.05, 0.1) is 4.90 Å². The zero-order valence-electron chi connectivity index (χ0n) is 13.9. The Morgan fingerprint density at radius 2 is 1.52 bits per heavy atom. The molecule has 1 aromatic rings. The highest BCUT2D eigenvalue weighted by Gasteiger charge is 2.23. The molecule has 0 spiro atoms. The summed E-state index contributed by atoms with van der Waals surface area (Å²) in [4.78, 5) is 23.8. The monoisotopic (exact) mass is 368 g/mol. The Labute approximate surface area is 147 Å². The Morgan fingerprint density at radius 3 is 2.00 bits per heavy atom. The molecule has 2 rings (SSSR count). The topological polar surface area (TPSA) is 144 Å². The van der Waals surface area contributed by atoms with E-state index in [1.165, 1.54) is 24.3 Å². The van der Waals surface area contributed by atoms with E-state index in [-0.39, 0.29) is 28.8 Å². The van der Waals surface area contributed by atoms with Gasteiger partial charge in [-0.2, -0.15) is 0 Å². The third-order valence-corrected chi connectivity index (χ3v) is 5.17. The maximum atomic E-state index is 12.2. The van der Waals surface area contributed by atoms with Crippen LogP contribution in [0.5, 0.6) is 0 Å². The molecule has 1 aliphatic carbocycles. The van der Waals surface area contributed by atoms with Crippen LogP contribution >= 0.6 is 0 Å². The van der Waals surface area contributed by atoms with E-state index >= 15 is 0 Å². The molecule has 1 aliphatic rings. The quantitative estimate of drug-likeness (QED) is 0.551. The van der Waals surface area contributed by atoms with Crippen molar-refractivity contribution >= 4 is 21.8 Å². The number of nitrogens with one attached hydrogen (secondary N) is 2. The van der Waals surface area contributed by atoms with Gasteiger partial charge in [-0.15, -0.1) is 0 Å². The third-order valence-electron chi connectivity index (χ3n) is 4.24. The molecule has 2 amide bonds. The van der Waals surface area contributed by atoms with E-state index in [2.05, 4.69) is 10.6 Å². The number of benzene rings is 1. The minimum absolute atomic E-state index is 0.0298. The Kier molecular flexibility index (Phi) is 6.51. The summed E-state index contributed by atoms with van der Waals surface area (Å²) in [5.74, 6) is -0.290. The van der Waals surface area contributed by atoms with Gasteiger partial charge in [0, 0.05) is 30.6 Å². The lowest BCUT2D eigenvalue weighted by atomic mass is 9.91. The van der Waals surface area contributed by atoms with Crippen LogP contribution in [0.1, 0.15) is 42.5 Å². The molecule has 1 aromatic carbocycles. The van der Waals surface area contributed by atoms with Gasteiger partial charge in [0.2, 0.25) is 15.9 Å². The minimum atomic E-state index is -3.77. The van der Waals surface area contributed by atoms with Crippen LogP contribution in [0.25, 0.3) is 0 Å². The smallest absolute Gasteiger partial charge is 0.251 e. The van der Waals surface area contributed by atoms with E-state index in [0.717, 1.165) is 25.7 Å². The van der Waals surface area contributed by atoms with Crippen molar-refractivity contribution in [3.05, 3.63) is 29.8 Å². The van der Waals surface area contributed by atoms with Crippen molar-refractivity contribution in [1.29, 1.82) is 0 Å².